The second-order valence-electron chi connectivity index (χ2n) is 5.38. The predicted octanol–water partition coefficient (Wildman–Crippen LogP) is 4.17. The molecule has 0 heterocycles. The summed E-state index contributed by atoms with van der Waals surface area (Å²) in [7, 11) is 0. The number of carbonyl (C=O) groups is 2. The van der Waals surface area contributed by atoms with Crippen LogP contribution >= 0.6 is 23.2 Å². The van der Waals surface area contributed by atoms with Gasteiger partial charge in [0.05, 0.1) is 16.3 Å². The lowest BCUT2D eigenvalue weighted by atomic mass is 10.2. The summed E-state index contributed by atoms with van der Waals surface area (Å²) in [5.74, 6) is -0.579. The Morgan fingerprint density at radius 1 is 1.04 bits per heavy atom. The molecule has 0 aliphatic heterocycles. The van der Waals surface area contributed by atoms with E-state index in [1.165, 1.54) is 6.21 Å². The summed E-state index contributed by atoms with van der Waals surface area (Å²) < 4.78 is 0. The standard InChI is InChI=1S/C18H17Cl2N3O2/c1-12-3-2-4-14(9-12)22-17(24)7-8-18(25)23-21-11-13-5-6-15(19)16(20)10-13/h2-6,9-11H,7-8H2,1H3,(H,22,24)(H,23,25)/b21-11-. The van der Waals surface area contributed by atoms with Crippen molar-refractivity contribution in [3.63, 3.8) is 0 Å². The number of halogens is 2. The molecule has 2 aromatic rings. The summed E-state index contributed by atoms with van der Waals surface area (Å²) in [5.41, 5.74) is 4.83. The first-order valence-electron chi connectivity index (χ1n) is 7.57. The second-order valence-corrected chi connectivity index (χ2v) is 6.20. The Balaban J connectivity index is 1.75. The molecule has 0 fully saturated rings. The van der Waals surface area contributed by atoms with Gasteiger partial charge in [0.1, 0.15) is 0 Å². The minimum Gasteiger partial charge on any atom is -0.326 e. The van der Waals surface area contributed by atoms with Gasteiger partial charge in [0, 0.05) is 18.5 Å². The molecule has 0 unspecified atom stereocenters. The van der Waals surface area contributed by atoms with Crippen molar-refractivity contribution in [2.75, 3.05) is 5.32 Å². The molecule has 2 aromatic carbocycles. The van der Waals surface area contributed by atoms with Gasteiger partial charge < -0.3 is 5.32 Å². The number of hydrogen-bond acceptors (Lipinski definition) is 3. The topological polar surface area (TPSA) is 70.6 Å². The molecule has 0 radical (unpaired) electrons. The number of rotatable bonds is 6. The zero-order chi connectivity index (χ0) is 18.2. The van der Waals surface area contributed by atoms with Gasteiger partial charge in [-0.3, -0.25) is 9.59 Å². The summed E-state index contributed by atoms with van der Waals surface area (Å²) >= 11 is 11.7. The number of nitrogens with zero attached hydrogens (tertiary/aromatic N) is 1. The van der Waals surface area contributed by atoms with Crippen LogP contribution in [0.15, 0.2) is 47.6 Å². The van der Waals surface area contributed by atoms with E-state index < -0.39 is 0 Å². The lowest BCUT2D eigenvalue weighted by Gasteiger charge is -2.05. The number of benzene rings is 2. The average Bonchev–Trinajstić information content (AvgIpc) is 2.56. The number of hydrogen-bond donors (Lipinski definition) is 2. The highest BCUT2D eigenvalue weighted by Gasteiger charge is 2.07. The van der Waals surface area contributed by atoms with E-state index in [2.05, 4.69) is 15.8 Å². The fourth-order valence-corrected chi connectivity index (χ4v) is 2.31. The number of carbonyl (C=O) groups excluding carboxylic acids is 2. The van der Waals surface area contributed by atoms with Crippen LogP contribution in [0.25, 0.3) is 0 Å². The van der Waals surface area contributed by atoms with Crippen molar-refractivity contribution in [1.29, 1.82) is 0 Å². The molecule has 2 amide bonds. The highest BCUT2D eigenvalue weighted by atomic mass is 35.5. The molecule has 25 heavy (non-hydrogen) atoms. The number of anilines is 1. The maximum atomic E-state index is 11.8. The van der Waals surface area contributed by atoms with Gasteiger partial charge >= 0.3 is 0 Å². The van der Waals surface area contributed by atoms with Crippen LogP contribution in [0.4, 0.5) is 5.69 Å². The largest absolute Gasteiger partial charge is 0.326 e. The van der Waals surface area contributed by atoms with Gasteiger partial charge in [-0.25, -0.2) is 5.43 Å². The zero-order valence-electron chi connectivity index (χ0n) is 13.6. The molecule has 0 atom stereocenters. The van der Waals surface area contributed by atoms with E-state index in [0.29, 0.717) is 21.3 Å². The van der Waals surface area contributed by atoms with E-state index >= 15 is 0 Å². The van der Waals surface area contributed by atoms with Crippen LogP contribution in [0.2, 0.25) is 10.0 Å². The van der Waals surface area contributed by atoms with E-state index in [4.69, 9.17) is 23.2 Å². The molecule has 0 spiro atoms. The molecule has 2 N–H and O–H groups in total. The molecule has 0 bridgehead atoms. The van der Waals surface area contributed by atoms with Gasteiger partial charge in [0.2, 0.25) is 11.8 Å². The summed E-state index contributed by atoms with van der Waals surface area (Å²) in [5, 5.41) is 7.43. The van der Waals surface area contributed by atoms with Crippen molar-refractivity contribution in [2.45, 2.75) is 19.8 Å². The minimum atomic E-state index is -0.351. The normalized spacial score (nSPS) is 10.7. The third-order valence-corrected chi connectivity index (χ3v) is 3.97. The zero-order valence-corrected chi connectivity index (χ0v) is 15.1. The number of amides is 2. The monoisotopic (exact) mass is 377 g/mol. The van der Waals surface area contributed by atoms with E-state index in [-0.39, 0.29) is 24.7 Å². The number of hydrazone groups is 1. The van der Waals surface area contributed by atoms with Crippen molar-refractivity contribution in [3.05, 3.63) is 63.6 Å². The van der Waals surface area contributed by atoms with Crippen molar-refractivity contribution in [1.82, 2.24) is 5.43 Å². The first-order chi connectivity index (χ1) is 11.9. The third-order valence-electron chi connectivity index (χ3n) is 3.23. The fourth-order valence-electron chi connectivity index (χ4n) is 2.00. The van der Waals surface area contributed by atoms with Crippen molar-refractivity contribution in [3.8, 4) is 0 Å². The Hall–Kier alpha value is -2.37. The highest BCUT2D eigenvalue weighted by Crippen LogP contribution is 2.21. The lowest BCUT2D eigenvalue weighted by molar-refractivity contribution is -0.124. The predicted molar refractivity (Wildman–Crippen MR) is 101 cm³/mol. The molecule has 0 aromatic heterocycles. The van der Waals surface area contributed by atoms with Crippen molar-refractivity contribution in [2.24, 2.45) is 5.10 Å². The molecular formula is C18H17Cl2N3O2. The maximum Gasteiger partial charge on any atom is 0.240 e. The summed E-state index contributed by atoms with van der Waals surface area (Å²) in [6.45, 7) is 1.94. The molecular weight excluding hydrogens is 361 g/mol. The Labute approximate surface area is 156 Å². The number of nitrogens with one attached hydrogen (secondary N) is 2. The molecule has 0 saturated heterocycles. The quantitative estimate of drug-likeness (QED) is 0.585. The van der Waals surface area contributed by atoms with E-state index in [0.717, 1.165) is 5.56 Å². The lowest BCUT2D eigenvalue weighted by Crippen LogP contribution is -2.20. The third kappa shape index (κ3) is 6.57. The fraction of sp³-hybridized carbons (Fsp3) is 0.167. The van der Waals surface area contributed by atoms with Gasteiger partial charge in [-0.1, -0.05) is 41.4 Å². The van der Waals surface area contributed by atoms with Crippen LogP contribution in [0, 0.1) is 6.92 Å². The first kappa shape index (κ1) is 19.0. The van der Waals surface area contributed by atoms with Crippen LogP contribution in [-0.4, -0.2) is 18.0 Å². The summed E-state index contributed by atoms with van der Waals surface area (Å²) in [6, 6.07) is 12.5. The molecule has 0 saturated carbocycles. The molecule has 7 heteroatoms. The first-order valence-corrected chi connectivity index (χ1v) is 8.33. The Kier molecular flexibility index (Phi) is 6.98. The van der Waals surface area contributed by atoms with Gasteiger partial charge in [-0.15, -0.1) is 0 Å². The summed E-state index contributed by atoms with van der Waals surface area (Å²) in [6.07, 6.45) is 1.56. The van der Waals surface area contributed by atoms with Gasteiger partial charge in [0.15, 0.2) is 0 Å². The molecule has 0 aliphatic rings. The SMILES string of the molecule is Cc1cccc(NC(=O)CCC(=O)N/N=C\c2ccc(Cl)c(Cl)c2)c1. The van der Waals surface area contributed by atoms with E-state index in [1.807, 2.05) is 25.1 Å². The Morgan fingerprint density at radius 3 is 2.52 bits per heavy atom. The Bertz CT molecular complexity index is 807. The van der Waals surface area contributed by atoms with Crippen LogP contribution in [0.3, 0.4) is 0 Å². The van der Waals surface area contributed by atoms with Crippen LogP contribution in [0.1, 0.15) is 24.0 Å². The van der Waals surface area contributed by atoms with Crippen molar-refractivity contribution >= 4 is 46.9 Å². The van der Waals surface area contributed by atoms with Crippen molar-refractivity contribution < 1.29 is 9.59 Å². The van der Waals surface area contributed by atoms with Gasteiger partial charge in [-0.05, 0) is 42.3 Å². The van der Waals surface area contributed by atoms with Gasteiger partial charge in [0.25, 0.3) is 0 Å². The second kappa shape index (κ2) is 9.20. The smallest absolute Gasteiger partial charge is 0.240 e. The molecule has 0 aliphatic carbocycles. The molecule has 2 rings (SSSR count). The highest BCUT2D eigenvalue weighted by molar-refractivity contribution is 6.42. The van der Waals surface area contributed by atoms with Crippen LogP contribution in [0.5, 0.6) is 0 Å². The minimum absolute atomic E-state index is 0.0381. The maximum absolute atomic E-state index is 11.8. The van der Waals surface area contributed by atoms with E-state index in [1.54, 1.807) is 24.3 Å². The van der Waals surface area contributed by atoms with Crippen LogP contribution < -0.4 is 10.7 Å². The summed E-state index contributed by atoms with van der Waals surface area (Å²) in [4.78, 5) is 23.5. The average molecular weight is 378 g/mol. The number of aryl methyl sites for hydroxylation is 1. The van der Waals surface area contributed by atoms with Crippen LogP contribution in [-0.2, 0) is 9.59 Å². The van der Waals surface area contributed by atoms with E-state index in [9.17, 15) is 9.59 Å². The molecule has 5 nitrogen and oxygen atoms in total. The van der Waals surface area contributed by atoms with Gasteiger partial charge in [-0.2, -0.15) is 5.10 Å². The Morgan fingerprint density at radius 2 is 1.80 bits per heavy atom. The molecule has 130 valence electrons.